The van der Waals surface area contributed by atoms with Crippen molar-refractivity contribution in [2.45, 2.75) is 25.0 Å². The van der Waals surface area contributed by atoms with Gasteiger partial charge in [0.25, 0.3) is 0 Å². The van der Waals surface area contributed by atoms with Crippen LogP contribution in [0.5, 0.6) is 5.75 Å². The quantitative estimate of drug-likeness (QED) is 0.828. The van der Waals surface area contributed by atoms with Crippen LogP contribution in [0.25, 0.3) is 0 Å². The van der Waals surface area contributed by atoms with Gasteiger partial charge in [0.2, 0.25) is 0 Å². The van der Waals surface area contributed by atoms with Crippen LogP contribution in [0.3, 0.4) is 0 Å². The van der Waals surface area contributed by atoms with Crippen LogP contribution in [0.4, 0.5) is 13.2 Å². The van der Waals surface area contributed by atoms with E-state index in [-0.39, 0.29) is 17.4 Å². The van der Waals surface area contributed by atoms with E-state index in [1.165, 1.54) is 19.1 Å². The van der Waals surface area contributed by atoms with Crippen LogP contribution in [0, 0.1) is 5.92 Å². The first-order valence-electron chi connectivity index (χ1n) is 6.82. The normalized spacial score (nSPS) is 20.8. The Morgan fingerprint density at radius 1 is 1.32 bits per heavy atom. The van der Waals surface area contributed by atoms with Crippen molar-refractivity contribution in [3.63, 3.8) is 0 Å². The lowest BCUT2D eigenvalue weighted by Crippen LogP contribution is -2.21. The highest BCUT2D eigenvalue weighted by atomic mass is 32.2. The number of hydrogen-bond donors (Lipinski definition) is 0. The van der Waals surface area contributed by atoms with Gasteiger partial charge in [-0.15, -0.1) is 13.2 Å². The molecule has 0 saturated carbocycles. The third kappa shape index (κ3) is 4.61. The first-order valence-corrected chi connectivity index (χ1v) is 8.54. The maximum atomic E-state index is 12.3. The summed E-state index contributed by atoms with van der Waals surface area (Å²) in [5, 5.41) is -0.784. The first kappa shape index (κ1) is 17.1. The molecule has 1 aromatic rings. The van der Waals surface area contributed by atoms with Crippen LogP contribution in [-0.4, -0.2) is 33.7 Å². The number of benzene rings is 1. The van der Waals surface area contributed by atoms with E-state index < -0.39 is 21.4 Å². The Balaban J connectivity index is 2.06. The summed E-state index contributed by atoms with van der Waals surface area (Å²) in [6.07, 6.45) is -4.05. The third-order valence-electron chi connectivity index (χ3n) is 3.61. The molecule has 0 aliphatic carbocycles. The fourth-order valence-corrected chi connectivity index (χ4v) is 4.12. The van der Waals surface area contributed by atoms with Crippen molar-refractivity contribution >= 4 is 9.84 Å². The van der Waals surface area contributed by atoms with E-state index in [9.17, 15) is 21.6 Å². The molecular formula is C14H17F3O4S. The van der Waals surface area contributed by atoms with Gasteiger partial charge in [0.15, 0.2) is 9.84 Å². The minimum Gasteiger partial charge on any atom is -0.406 e. The zero-order valence-electron chi connectivity index (χ0n) is 12.0. The minimum atomic E-state index is -4.76. The molecule has 22 heavy (non-hydrogen) atoms. The zero-order chi connectivity index (χ0) is 16.4. The van der Waals surface area contributed by atoms with Gasteiger partial charge in [-0.1, -0.05) is 12.1 Å². The second kappa shape index (κ2) is 6.45. The highest BCUT2D eigenvalue weighted by Gasteiger charge is 2.32. The van der Waals surface area contributed by atoms with Gasteiger partial charge >= 0.3 is 6.36 Å². The van der Waals surface area contributed by atoms with Crippen LogP contribution in [0.15, 0.2) is 24.3 Å². The SMILES string of the molecule is CC(c1ccc(OC(F)(F)F)cc1)S(=O)(=O)CC1CCOC1. The molecule has 2 unspecified atom stereocenters. The molecule has 1 fully saturated rings. The summed E-state index contributed by atoms with van der Waals surface area (Å²) in [6.45, 7) is 2.53. The summed E-state index contributed by atoms with van der Waals surface area (Å²) in [7, 11) is -3.39. The number of rotatable bonds is 5. The topological polar surface area (TPSA) is 52.6 Å². The van der Waals surface area contributed by atoms with Crippen LogP contribution in [0.1, 0.15) is 24.2 Å². The summed E-state index contributed by atoms with van der Waals surface area (Å²) < 4.78 is 69.9. The molecule has 2 rings (SSSR count). The molecule has 1 heterocycles. The molecule has 8 heteroatoms. The van der Waals surface area contributed by atoms with Crippen molar-refractivity contribution in [2.24, 2.45) is 5.92 Å². The van der Waals surface area contributed by atoms with Crippen LogP contribution in [0.2, 0.25) is 0 Å². The van der Waals surface area contributed by atoms with Crippen molar-refractivity contribution in [3.8, 4) is 5.75 Å². The van der Waals surface area contributed by atoms with Crippen LogP contribution < -0.4 is 4.74 Å². The zero-order valence-corrected chi connectivity index (χ0v) is 12.8. The van der Waals surface area contributed by atoms with Crippen molar-refractivity contribution in [3.05, 3.63) is 29.8 Å². The maximum absolute atomic E-state index is 12.3. The summed E-state index contributed by atoms with van der Waals surface area (Å²) >= 11 is 0. The van der Waals surface area contributed by atoms with Crippen LogP contribution in [-0.2, 0) is 14.6 Å². The lowest BCUT2D eigenvalue weighted by atomic mass is 10.1. The molecule has 1 aliphatic heterocycles. The van der Waals surface area contributed by atoms with Gasteiger partial charge in [0.05, 0.1) is 17.6 Å². The molecule has 2 atom stereocenters. The van der Waals surface area contributed by atoms with Gasteiger partial charge in [-0.3, -0.25) is 0 Å². The fourth-order valence-electron chi connectivity index (χ4n) is 2.34. The molecule has 0 amide bonds. The Morgan fingerprint density at radius 2 is 1.95 bits per heavy atom. The maximum Gasteiger partial charge on any atom is 0.573 e. The molecule has 0 bridgehead atoms. The van der Waals surface area contributed by atoms with Gasteiger partial charge < -0.3 is 9.47 Å². The second-order valence-electron chi connectivity index (χ2n) is 5.32. The van der Waals surface area contributed by atoms with E-state index in [2.05, 4.69) is 4.74 Å². The van der Waals surface area contributed by atoms with E-state index in [1.54, 1.807) is 0 Å². The Hall–Kier alpha value is -1.28. The summed E-state index contributed by atoms with van der Waals surface area (Å²) in [4.78, 5) is 0. The molecule has 1 aliphatic rings. The van der Waals surface area contributed by atoms with E-state index in [4.69, 9.17) is 4.74 Å². The molecule has 1 aromatic carbocycles. The number of alkyl halides is 3. The van der Waals surface area contributed by atoms with Crippen molar-refractivity contribution < 1.29 is 31.1 Å². The summed E-state index contributed by atoms with van der Waals surface area (Å²) in [5.74, 6) is -0.361. The lowest BCUT2D eigenvalue weighted by molar-refractivity contribution is -0.274. The number of halogens is 3. The van der Waals surface area contributed by atoms with Gasteiger partial charge in [-0.25, -0.2) is 8.42 Å². The van der Waals surface area contributed by atoms with Crippen LogP contribution >= 0.6 is 0 Å². The molecule has 0 aromatic heterocycles. The standard InChI is InChI=1S/C14H17F3O4S/c1-10(22(18,19)9-11-6-7-20-8-11)12-2-4-13(5-3-12)21-14(15,16)17/h2-5,10-11H,6-9H2,1H3. The predicted octanol–water partition coefficient (Wildman–Crippen LogP) is 3.10. The van der Waals surface area contributed by atoms with E-state index in [1.807, 2.05) is 0 Å². The highest BCUT2D eigenvalue weighted by Crippen LogP contribution is 2.29. The van der Waals surface area contributed by atoms with Gasteiger partial charge in [-0.05, 0) is 37.0 Å². The summed E-state index contributed by atoms with van der Waals surface area (Å²) in [5.41, 5.74) is 0.438. The van der Waals surface area contributed by atoms with Crippen molar-refractivity contribution in [2.75, 3.05) is 19.0 Å². The average molecular weight is 338 g/mol. The van der Waals surface area contributed by atoms with Crippen molar-refractivity contribution in [1.29, 1.82) is 0 Å². The highest BCUT2D eigenvalue weighted by molar-refractivity contribution is 7.91. The Morgan fingerprint density at radius 3 is 2.45 bits per heavy atom. The molecule has 1 saturated heterocycles. The molecule has 0 radical (unpaired) electrons. The number of hydrogen-bond acceptors (Lipinski definition) is 4. The molecule has 0 spiro atoms. The van der Waals surface area contributed by atoms with E-state index in [0.29, 0.717) is 25.2 Å². The van der Waals surface area contributed by atoms with Gasteiger partial charge in [-0.2, -0.15) is 0 Å². The van der Waals surface area contributed by atoms with E-state index in [0.717, 1.165) is 12.1 Å². The predicted molar refractivity (Wildman–Crippen MR) is 74.3 cm³/mol. The van der Waals surface area contributed by atoms with Gasteiger partial charge in [0, 0.05) is 6.61 Å². The Kier molecular flexibility index (Phi) is 5.01. The van der Waals surface area contributed by atoms with Gasteiger partial charge in [0.1, 0.15) is 5.75 Å². The van der Waals surface area contributed by atoms with Crippen molar-refractivity contribution in [1.82, 2.24) is 0 Å². The fraction of sp³-hybridized carbons (Fsp3) is 0.571. The number of sulfone groups is 1. The average Bonchev–Trinajstić information content (AvgIpc) is 2.89. The molecule has 124 valence electrons. The molecular weight excluding hydrogens is 321 g/mol. The minimum absolute atomic E-state index is 0.0136. The Bertz CT molecular complexity index is 590. The molecule has 0 N–H and O–H groups in total. The summed E-state index contributed by atoms with van der Waals surface area (Å²) in [6, 6.07) is 4.92. The largest absolute Gasteiger partial charge is 0.573 e. The first-order chi connectivity index (χ1) is 10.2. The number of ether oxygens (including phenoxy) is 2. The van der Waals surface area contributed by atoms with E-state index >= 15 is 0 Å². The third-order valence-corrected chi connectivity index (χ3v) is 5.90. The Labute approximate surface area is 127 Å². The lowest BCUT2D eigenvalue weighted by Gasteiger charge is -2.16. The smallest absolute Gasteiger partial charge is 0.406 e. The second-order valence-corrected chi connectivity index (χ2v) is 7.68. The molecule has 4 nitrogen and oxygen atoms in total. The monoisotopic (exact) mass is 338 g/mol.